The first-order chi connectivity index (χ1) is 17.3. The number of carbonyl (C=O) groups is 1. The van der Waals surface area contributed by atoms with Gasteiger partial charge in [-0.25, -0.2) is 24.1 Å². The number of carboxylic acid groups (broad SMARTS) is 1. The van der Waals surface area contributed by atoms with Crippen LogP contribution in [0.25, 0.3) is 10.9 Å². The third kappa shape index (κ3) is 5.09. The van der Waals surface area contributed by atoms with Crippen LogP contribution in [0.4, 0.5) is 9.18 Å². The monoisotopic (exact) mass is 567 g/mol. The lowest BCUT2D eigenvalue weighted by Gasteiger charge is -2.39. The number of pyridine rings is 1. The molecule has 0 spiro atoms. The molecule has 3 fully saturated rings. The number of aromatic nitrogens is 3. The van der Waals surface area contributed by atoms with Crippen molar-refractivity contribution in [3.8, 4) is 0 Å². The molecule has 2 bridgehead atoms. The molecule has 1 saturated carbocycles. The molecule has 0 radical (unpaired) electrons. The first-order valence-electron chi connectivity index (χ1n) is 12.8. The van der Waals surface area contributed by atoms with Gasteiger partial charge in [-0.2, -0.15) is 0 Å². The van der Waals surface area contributed by atoms with E-state index in [0.717, 1.165) is 31.4 Å². The fourth-order valence-corrected chi connectivity index (χ4v) is 7.39. The van der Waals surface area contributed by atoms with E-state index in [-0.39, 0.29) is 39.2 Å². The van der Waals surface area contributed by atoms with Gasteiger partial charge in [0.1, 0.15) is 5.52 Å². The SMILES string of the molecule is CC(C)(C)[Si](C)(C)OCC1(CSc2nc(C3NCC4CCC3N4C(=O)O)c3cnc(Cl)c(F)c3n2)CC1. The number of thioether (sulfide) groups is 1. The molecule has 2 aromatic rings. The molecule has 0 aromatic carbocycles. The Labute approximate surface area is 227 Å². The Hall–Kier alpha value is -1.53. The summed E-state index contributed by atoms with van der Waals surface area (Å²) in [6.07, 6.45) is 4.24. The summed E-state index contributed by atoms with van der Waals surface area (Å²) in [5, 5.41) is 14.1. The van der Waals surface area contributed by atoms with E-state index in [9.17, 15) is 9.90 Å². The van der Waals surface area contributed by atoms with Gasteiger partial charge in [0.15, 0.2) is 24.4 Å². The smallest absolute Gasteiger partial charge is 0.407 e. The Kier molecular flexibility index (Phi) is 7.01. The maximum absolute atomic E-state index is 15.1. The molecule has 1 amide bonds. The van der Waals surface area contributed by atoms with Crippen molar-refractivity contribution in [3.05, 3.63) is 22.9 Å². The minimum Gasteiger partial charge on any atom is -0.465 e. The highest BCUT2D eigenvalue weighted by Gasteiger charge is 2.48. The van der Waals surface area contributed by atoms with E-state index in [0.29, 0.717) is 29.4 Å². The fraction of sp³-hybridized carbons (Fsp3) is 0.680. The van der Waals surface area contributed by atoms with Crippen LogP contribution < -0.4 is 5.32 Å². The zero-order chi connectivity index (χ0) is 26.8. The number of amides is 1. The average Bonchev–Trinajstić information content (AvgIpc) is 3.54. The van der Waals surface area contributed by atoms with Crippen LogP contribution in [0.3, 0.4) is 0 Å². The molecule has 2 aliphatic heterocycles. The van der Waals surface area contributed by atoms with Gasteiger partial charge in [-0.15, -0.1) is 0 Å². The molecule has 5 rings (SSSR count). The minimum absolute atomic E-state index is 0.0550. The van der Waals surface area contributed by atoms with Crippen LogP contribution in [0.1, 0.15) is 58.2 Å². The summed E-state index contributed by atoms with van der Waals surface area (Å²) in [5.41, 5.74) is 0.780. The summed E-state index contributed by atoms with van der Waals surface area (Å²) in [5.74, 6) is 0.0972. The number of fused-ring (bicyclic) bond motifs is 3. The lowest BCUT2D eigenvalue weighted by Crippen LogP contribution is -2.55. The first-order valence-corrected chi connectivity index (χ1v) is 17.1. The third-order valence-corrected chi connectivity index (χ3v) is 14.6. The Bertz CT molecular complexity index is 1230. The summed E-state index contributed by atoms with van der Waals surface area (Å²) in [6.45, 7) is 12.5. The van der Waals surface area contributed by atoms with Gasteiger partial charge in [0.2, 0.25) is 0 Å². The van der Waals surface area contributed by atoms with Crippen LogP contribution in [0.5, 0.6) is 0 Å². The predicted octanol–water partition coefficient (Wildman–Crippen LogP) is 5.87. The van der Waals surface area contributed by atoms with Crippen LogP contribution in [-0.2, 0) is 4.43 Å². The second kappa shape index (κ2) is 9.58. The van der Waals surface area contributed by atoms with E-state index < -0.39 is 20.2 Å². The van der Waals surface area contributed by atoms with Crippen molar-refractivity contribution in [2.75, 3.05) is 18.9 Å². The number of hydrogen-bond donors (Lipinski definition) is 2. The van der Waals surface area contributed by atoms with Gasteiger partial charge in [0.25, 0.3) is 0 Å². The molecule has 3 unspecified atom stereocenters. The zero-order valence-corrected chi connectivity index (χ0v) is 24.5. The molecule has 8 nitrogen and oxygen atoms in total. The van der Waals surface area contributed by atoms with Crippen molar-refractivity contribution in [2.24, 2.45) is 5.41 Å². The zero-order valence-electron chi connectivity index (χ0n) is 22.0. The second-order valence-corrected chi connectivity index (χ2v) is 18.3. The molecule has 37 heavy (non-hydrogen) atoms. The standard InChI is InChI=1S/C25H35ClFN5O3SSi/c1-24(2,3)37(4,5)35-12-25(8-9-25)13-36-22-30-18-15(11-29-21(26)17(18)27)19(31-22)20-16-7-6-14(10-28-20)32(16)23(33)34/h11,14,16,20,28H,6-10,12-13H2,1-5H3,(H,33,34). The lowest BCUT2D eigenvalue weighted by atomic mass is 9.99. The van der Waals surface area contributed by atoms with E-state index in [1.54, 1.807) is 0 Å². The van der Waals surface area contributed by atoms with Crippen LogP contribution in [-0.4, -0.2) is 70.4 Å². The number of nitrogens with zero attached hydrogens (tertiary/aromatic N) is 4. The van der Waals surface area contributed by atoms with Crippen LogP contribution >= 0.6 is 23.4 Å². The lowest BCUT2D eigenvalue weighted by molar-refractivity contribution is 0.0907. The molecule has 2 N–H and O–H groups in total. The van der Waals surface area contributed by atoms with E-state index >= 15 is 4.39 Å². The fourth-order valence-electron chi connectivity index (χ4n) is 5.03. The summed E-state index contributed by atoms with van der Waals surface area (Å²) < 4.78 is 21.7. The Morgan fingerprint density at radius 3 is 2.73 bits per heavy atom. The number of nitrogens with one attached hydrogen (secondary N) is 1. The molecule has 202 valence electrons. The van der Waals surface area contributed by atoms with Crippen molar-refractivity contribution in [1.29, 1.82) is 0 Å². The number of halogens is 2. The number of piperazine rings is 1. The topological polar surface area (TPSA) is 100 Å². The summed E-state index contributed by atoms with van der Waals surface area (Å²) in [6, 6.07) is -0.710. The Balaban J connectivity index is 1.43. The highest BCUT2D eigenvalue weighted by atomic mass is 35.5. The van der Waals surface area contributed by atoms with Crippen LogP contribution in [0.2, 0.25) is 23.3 Å². The largest absolute Gasteiger partial charge is 0.465 e. The predicted molar refractivity (Wildman–Crippen MR) is 145 cm³/mol. The molecule has 2 saturated heterocycles. The molecule has 4 heterocycles. The van der Waals surface area contributed by atoms with Gasteiger partial charge in [0, 0.05) is 41.9 Å². The van der Waals surface area contributed by atoms with Gasteiger partial charge >= 0.3 is 6.09 Å². The van der Waals surface area contributed by atoms with E-state index in [4.69, 9.17) is 21.0 Å². The molecule has 1 aliphatic carbocycles. The van der Waals surface area contributed by atoms with Crippen molar-refractivity contribution < 1.29 is 18.7 Å². The van der Waals surface area contributed by atoms with Gasteiger partial charge in [-0.3, -0.25) is 4.90 Å². The van der Waals surface area contributed by atoms with Gasteiger partial charge in [-0.1, -0.05) is 44.1 Å². The second-order valence-electron chi connectivity index (χ2n) is 12.2. The normalized spacial score (nSPS) is 25.1. The van der Waals surface area contributed by atoms with E-state index in [2.05, 4.69) is 49.1 Å². The Morgan fingerprint density at radius 2 is 2.08 bits per heavy atom. The summed E-state index contributed by atoms with van der Waals surface area (Å²) in [4.78, 5) is 26.9. The van der Waals surface area contributed by atoms with Crippen LogP contribution in [0.15, 0.2) is 11.4 Å². The van der Waals surface area contributed by atoms with Gasteiger partial charge < -0.3 is 14.8 Å². The molecular formula is C25H35ClFN5O3SSi. The van der Waals surface area contributed by atoms with Crippen molar-refractivity contribution >= 4 is 48.7 Å². The maximum Gasteiger partial charge on any atom is 0.407 e. The van der Waals surface area contributed by atoms with Crippen molar-refractivity contribution in [3.63, 3.8) is 0 Å². The maximum atomic E-state index is 15.1. The summed E-state index contributed by atoms with van der Waals surface area (Å²) in [7, 11) is -1.86. The van der Waals surface area contributed by atoms with E-state index in [1.807, 2.05) is 0 Å². The Morgan fingerprint density at radius 1 is 1.35 bits per heavy atom. The molecule has 12 heteroatoms. The highest BCUT2D eigenvalue weighted by Crippen LogP contribution is 2.51. The van der Waals surface area contributed by atoms with Gasteiger partial charge in [0.05, 0.1) is 17.8 Å². The quantitative estimate of drug-likeness (QED) is 0.185. The molecular weight excluding hydrogens is 533 g/mol. The van der Waals surface area contributed by atoms with E-state index in [1.165, 1.54) is 22.9 Å². The molecule has 2 aromatic heterocycles. The number of rotatable bonds is 7. The highest BCUT2D eigenvalue weighted by molar-refractivity contribution is 7.99. The average molecular weight is 568 g/mol. The van der Waals surface area contributed by atoms with Crippen LogP contribution in [0, 0.1) is 11.2 Å². The minimum atomic E-state index is -1.86. The molecule has 3 aliphatic rings. The summed E-state index contributed by atoms with van der Waals surface area (Å²) >= 11 is 7.53. The third-order valence-electron chi connectivity index (χ3n) is 8.68. The van der Waals surface area contributed by atoms with Gasteiger partial charge in [-0.05, 0) is 43.8 Å². The van der Waals surface area contributed by atoms with Crippen molar-refractivity contribution in [1.82, 2.24) is 25.2 Å². The first kappa shape index (κ1) is 27.0. The molecule has 3 atom stereocenters. The number of hydrogen-bond acceptors (Lipinski definition) is 7. The van der Waals surface area contributed by atoms with Crippen molar-refractivity contribution in [2.45, 2.75) is 87.9 Å².